The number of hydrogen-bond acceptors (Lipinski definition) is 5. The molecule has 2 saturated heterocycles. The molecule has 0 aliphatic carbocycles. The Morgan fingerprint density at radius 3 is 2.77 bits per heavy atom. The molecule has 5 heteroatoms. The van der Waals surface area contributed by atoms with Crippen LogP contribution < -0.4 is 0 Å². The Kier molecular flexibility index (Phi) is 3.82. The summed E-state index contributed by atoms with van der Waals surface area (Å²) in [5.74, 6) is 1.68. The van der Waals surface area contributed by atoms with E-state index >= 15 is 0 Å². The van der Waals surface area contributed by atoms with Gasteiger partial charge in [-0.2, -0.15) is 4.98 Å². The van der Waals surface area contributed by atoms with Crippen molar-refractivity contribution in [2.24, 2.45) is 0 Å². The molecule has 3 aromatic rings. The molecule has 5 rings (SSSR count). The lowest BCUT2D eigenvalue weighted by atomic mass is 9.94. The molecule has 2 aliphatic heterocycles. The van der Waals surface area contributed by atoms with Gasteiger partial charge in [-0.3, -0.25) is 4.90 Å². The number of benzene rings is 1. The van der Waals surface area contributed by atoms with Crippen LogP contribution in [-0.2, 0) is 0 Å². The van der Waals surface area contributed by atoms with Gasteiger partial charge in [-0.15, -0.1) is 0 Å². The molecule has 1 aromatic carbocycles. The maximum atomic E-state index is 5.57. The molecular weight excluding hydrogens is 324 g/mol. The SMILES string of the molecule is Cc1cccc(-c2nc([C@@H]3C[C@H](c4ccccc4)N4CCC[C@@H]34)no2)n1. The summed E-state index contributed by atoms with van der Waals surface area (Å²) in [5.41, 5.74) is 3.10. The zero-order valence-electron chi connectivity index (χ0n) is 14.9. The minimum Gasteiger partial charge on any atom is -0.332 e. The standard InChI is InChI=1S/C21H22N4O/c1-14-7-5-10-17(22-14)21-23-20(24-26-21)16-13-19(15-8-3-2-4-9-15)25-12-6-11-18(16)25/h2-5,7-10,16,18-19H,6,11-13H2,1H3/t16-,18+,19-/m1/s1. The summed E-state index contributed by atoms with van der Waals surface area (Å²) in [6, 6.07) is 17.6. The van der Waals surface area contributed by atoms with Crippen LogP contribution in [0.1, 0.15) is 48.3 Å². The van der Waals surface area contributed by atoms with Crippen molar-refractivity contribution in [3.63, 3.8) is 0 Å². The number of aromatic nitrogens is 3. The van der Waals surface area contributed by atoms with Gasteiger partial charge in [-0.1, -0.05) is 41.6 Å². The molecule has 2 fully saturated rings. The average molecular weight is 346 g/mol. The number of rotatable bonds is 3. The molecule has 132 valence electrons. The number of pyridine rings is 1. The second-order valence-corrected chi connectivity index (χ2v) is 7.34. The van der Waals surface area contributed by atoms with Crippen LogP contribution in [0.15, 0.2) is 53.1 Å². The molecular formula is C21H22N4O. The largest absolute Gasteiger partial charge is 0.332 e. The summed E-state index contributed by atoms with van der Waals surface area (Å²) in [5, 5.41) is 4.34. The van der Waals surface area contributed by atoms with Gasteiger partial charge in [0, 0.05) is 23.7 Å². The molecule has 5 nitrogen and oxygen atoms in total. The third-order valence-corrected chi connectivity index (χ3v) is 5.75. The van der Waals surface area contributed by atoms with Gasteiger partial charge in [-0.05, 0) is 50.4 Å². The Bertz CT molecular complexity index is 907. The number of hydrogen-bond donors (Lipinski definition) is 0. The Morgan fingerprint density at radius 1 is 1.04 bits per heavy atom. The maximum absolute atomic E-state index is 5.57. The van der Waals surface area contributed by atoms with E-state index in [9.17, 15) is 0 Å². The fourth-order valence-electron chi connectivity index (χ4n) is 4.60. The third-order valence-electron chi connectivity index (χ3n) is 5.75. The summed E-state index contributed by atoms with van der Waals surface area (Å²) < 4.78 is 5.57. The predicted octanol–water partition coefficient (Wildman–Crippen LogP) is 4.13. The molecule has 0 N–H and O–H groups in total. The van der Waals surface area contributed by atoms with E-state index in [2.05, 4.69) is 45.4 Å². The van der Waals surface area contributed by atoms with Crippen LogP contribution in [0.4, 0.5) is 0 Å². The van der Waals surface area contributed by atoms with Crippen molar-refractivity contribution in [2.75, 3.05) is 6.54 Å². The fraction of sp³-hybridized carbons (Fsp3) is 0.381. The van der Waals surface area contributed by atoms with Crippen molar-refractivity contribution in [3.05, 3.63) is 65.6 Å². The van der Waals surface area contributed by atoms with Crippen LogP contribution >= 0.6 is 0 Å². The minimum absolute atomic E-state index is 0.324. The van der Waals surface area contributed by atoms with Gasteiger partial charge in [-0.25, -0.2) is 4.98 Å². The van der Waals surface area contributed by atoms with Gasteiger partial charge in [0.25, 0.3) is 5.89 Å². The first-order chi connectivity index (χ1) is 12.8. The molecule has 0 radical (unpaired) electrons. The smallest absolute Gasteiger partial charge is 0.276 e. The quantitative estimate of drug-likeness (QED) is 0.713. The van der Waals surface area contributed by atoms with Gasteiger partial charge < -0.3 is 4.52 Å². The highest BCUT2D eigenvalue weighted by Crippen LogP contribution is 2.48. The number of nitrogens with zero attached hydrogens (tertiary/aromatic N) is 4. The average Bonchev–Trinajstić information content (AvgIpc) is 3.39. The van der Waals surface area contributed by atoms with Crippen molar-refractivity contribution in [1.29, 1.82) is 0 Å². The molecule has 0 bridgehead atoms. The second kappa shape index (κ2) is 6.32. The predicted molar refractivity (Wildman–Crippen MR) is 98.5 cm³/mol. The van der Waals surface area contributed by atoms with Crippen molar-refractivity contribution in [1.82, 2.24) is 20.0 Å². The lowest BCUT2D eigenvalue weighted by Gasteiger charge is -2.24. The fourth-order valence-corrected chi connectivity index (χ4v) is 4.60. The van der Waals surface area contributed by atoms with E-state index in [1.165, 1.54) is 18.4 Å². The van der Waals surface area contributed by atoms with Crippen LogP contribution in [0.5, 0.6) is 0 Å². The number of fused-ring (bicyclic) bond motifs is 1. The summed E-state index contributed by atoms with van der Waals surface area (Å²) >= 11 is 0. The summed E-state index contributed by atoms with van der Waals surface area (Å²) in [7, 11) is 0. The van der Waals surface area contributed by atoms with Crippen molar-refractivity contribution >= 4 is 0 Å². The topological polar surface area (TPSA) is 55.1 Å². The summed E-state index contributed by atoms with van der Waals surface area (Å²) in [6.45, 7) is 3.13. The Balaban J connectivity index is 1.45. The maximum Gasteiger partial charge on any atom is 0.276 e. The van der Waals surface area contributed by atoms with E-state index in [1.807, 2.05) is 25.1 Å². The van der Waals surface area contributed by atoms with Gasteiger partial charge >= 0.3 is 0 Å². The monoisotopic (exact) mass is 346 g/mol. The number of aryl methyl sites for hydroxylation is 1. The first kappa shape index (κ1) is 15.7. The summed E-state index contributed by atoms with van der Waals surface area (Å²) in [4.78, 5) is 11.9. The zero-order chi connectivity index (χ0) is 17.5. The molecule has 2 aromatic heterocycles. The molecule has 2 aliphatic rings. The molecule has 0 saturated carbocycles. The highest BCUT2D eigenvalue weighted by atomic mass is 16.5. The molecule has 0 unspecified atom stereocenters. The molecule has 26 heavy (non-hydrogen) atoms. The van der Waals surface area contributed by atoms with Gasteiger partial charge in [0.1, 0.15) is 5.69 Å². The van der Waals surface area contributed by atoms with E-state index in [4.69, 9.17) is 9.51 Å². The van der Waals surface area contributed by atoms with Crippen LogP contribution in [0.3, 0.4) is 0 Å². The van der Waals surface area contributed by atoms with Crippen LogP contribution in [-0.4, -0.2) is 32.6 Å². The Morgan fingerprint density at radius 2 is 1.92 bits per heavy atom. The molecule has 3 atom stereocenters. The molecule has 0 amide bonds. The highest BCUT2D eigenvalue weighted by molar-refractivity contribution is 5.46. The van der Waals surface area contributed by atoms with Gasteiger partial charge in [0.05, 0.1) is 0 Å². The van der Waals surface area contributed by atoms with Gasteiger partial charge in [0.2, 0.25) is 0 Å². The lowest BCUT2D eigenvalue weighted by molar-refractivity contribution is 0.243. The Labute approximate surface area is 153 Å². The van der Waals surface area contributed by atoms with Crippen molar-refractivity contribution in [2.45, 2.75) is 44.2 Å². The van der Waals surface area contributed by atoms with Crippen LogP contribution in [0.2, 0.25) is 0 Å². The zero-order valence-corrected chi connectivity index (χ0v) is 14.9. The van der Waals surface area contributed by atoms with Crippen molar-refractivity contribution in [3.8, 4) is 11.6 Å². The van der Waals surface area contributed by atoms with Gasteiger partial charge in [0.15, 0.2) is 5.82 Å². The van der Waals surface area contributed by atoms with Crippen LogP contribution in [0, 0.1) is 6.92 Å². The van der Waals surface area contributed by atoms with Crippen LogP contribution in [0.25, 0.3) is 11.6 Å². The van der Waals surface area contributed by atoms with Crippen molar-refractivity contribution < 1.29 is 4.52 Å². The molecule has 0 spiro atoms. The first-order valence-corrected chi connectivity index (χ1v) is 9.38. The van der Waals surface area contributed by atoms with E-state index in [1.54, 1.807) is 0 Å². The van der Waals surface area contributed by atoms with E-state index in [-0.39, 0.29) is 0 Å². The highest BCUT2D eigenvalue weighted by Gasteiger charge is 2.46. The van der Waals surface area contributed by atoms with E-state index in [0.29, 0.717) is 23.9 Å². The lowest BCUT2D eigenvalue weighted by Crippen LogP contribution is -2.27. The van der Waals surface area contributed by atoms with E-state index in [0.717, 1.165) is 30.2 Å². The minimum atomic E-state index is 0.324. The molecule has 4 heterocycles. The Hall–Kier alpha value is -2.53. The first-order valence-electron chi connectivity index (χ1n) is 9.38. The normalized spacial score (nSPS) is 25.5. The third kappa shape index (κ3) is 2.63. The second-order valence-electron chi connectivity index (χ2n) is 7.34. The van der Waals surface area contributed by atoms with E-state index < -0.39 is 0 Å². The summed E-state index contributed by atoms with van der Waals surface area (Å²) in [6.07, 6.45) is 3.50.